The van der Waals surface area contributed by atoms with Crippen molar-refractivity contribution < 1.29 is 51.0 Å². The first-order chi connectivity index (χ1) is 19.6. The number of hydrogen-bond acceptors (Lipinski definition) is 8. The second kappa shape index (κ2) is 13.2. The highest BCUT2D eigenvalue weighted by Crippen LogP contribution is 2.29. The van der Waals surface area contributed by atoms with Gasteiger partial charge in [-0.3, -0.25) is 19.8 Å². The number of hydroxylamine groups is 1. The quantitative estimate of drug-likeness (QED) is 0.269. The molecule has 0 aliphatic carbocycles. The fourth-order valence-electron chi connectivity index (χ4n) is 4.58. The maximum atomic E-state index is 13.1. The number of sulfone groups is 1. The van der Waals surface area contributed by atoms with Crippen LogP contribution in [-0.2, 0) is 30.8 Å². The molecule has 0 bridgehead atoms. The molecule has 1 saturated heterocycles. The average Bonchev–Trinajstić information content (AvgIpc) is 3.34. The van der Waals surface area contributed by atoms with Gasteiger partial charge in [0.25, 0.3) is 0 Å². The zero-order valence-electron chi connectivity index (χ0n) is 22.5. The van der Waals surface area contributed by atoms with Gasteiger partial charge in [-0.15, -0.1) is 0 Å². The lowest BCUT2D eigenvalue weighted by molar-refractivity contribution is -0.192. The topological polar surface area (TPSA) is 163 Å². The SMILES string of the molecule is CC(=O)N1CC[C@H](C(=O)NO)[C@@H]1CS(=O)(=O)c1ccc(OCc2cc(C)nc3ccccc23)cc1.O=C(O)C(F)(F)F. The molecule has 15 heteroatoms. The number of carbonyl (C=O) groups excluding carboxylic acids is 2. The highest BCUT2D eigenvalue weighted by molar-refractivity contribution is 7.91. The summed E-state index contributed by atoms with van der Waals surface area (Å²) in [6.45, 7) is 3.80. The van der Waals surface area contributed by atoms with E-state index in [0.29, 0.717) is 12.4 Å². The summed E-state index contributed by atoms with van der Waals surface area (Å²) in [5.41, 5.74) is 4.31. The summed E-state index contributed by atoms with van der Waals surface area (Å²) in [7, 11) is -3.82. The number of carboxylic acid groups (broad SMARTS) is 1. The molecule has 1 aliphatic rings. The number of hydrogen-bond donors (Lipinski definition) is 3. The first-order valence-corrected chi connectivity index (χ1v) is 14.1. The number of aromatic nitrogens is 1. The third kappa shape index (κ3) is 7.94. The van der Waals surface area contributed by atoms with Crippen LogP contribution in [0.3, 0.4) is 0 Å². The van der Waals surface area contributed by atoms with E-state index in [1.54, 1.807) is 17.6 Å². The molecule has 1 fully saturated rings. The Balaban J connectivity index is 0.000000616. The Morgan fingerprint density at radius 1 is 1.12 bits per heavy atom. The Hall–Kier alpha value is -4.24. The van der Waals surface area contributed by atoms with E-state index >= 15 is 0 Å². The number of fused-ring (bicyclic) bond motifs is 1. The third-order valence-corrected chi connectivity index (χ3v) is 8.31. The molecule has 3 N–H and O–H groups in total. The number of aliphatic carboxylic acids is 1. The smallest absolute Gasteiger partial charge is 0.489 e. The molecule has 4 rings (SSSR count). The van der Waals surface area contributed by atoms with Gasteiger partial charge in [0.1, 0.15) is 12.4 Å². The van der Waals surface area contributed by atoms with Gasteiger partial charge >= 0.3 is 12.1 Å². The molecule has 2 amide bonds. The summed E-state index contributed by atoms with van der Waals surface area (Å²) in [5.74, 6) is -4.50. The number of nitrogens with one attached hydrogen (secondary N) is 1. The number of ether oxygens (including phenoxy) is 1. The minimum atomic E-state index is -5.08. The summed E-state index contributed by atoms with van der Waals surface area (Å²) in [6.07, 6.45) is -4.80. The third-order valence-electron chi connectivity index (χ3n) is 6.54. The number of carboxylic acids is 1. The van der Waals surface area contributed by atoms with E-state index in [2.05, 4.69) is 4.98 Å². The number of alkyl halides is 3. The number of halogens is 3. The van der Waals surface area contributed by atoms with E-state index in [-0.39, 0.29) is 23.8 Å². The maximum Gasteiger partial charge on any atom is 0.490 e. The largest absolute Gasteiger partial charge is 0.490 e. The average molecular weight is 612 g/mol. The van der Waals surface area contributed by atoms with E-state index in [4.69, 9.17) is 19.8 Å². The number of nitrogens with zero attached hydrogens (tertiary/aromatic N) is 2. The molecule has 42 heavy (non-hydrogen) atoms. The second-order valence-corrected chi connectivity index (χ2v) is 11.5. The predicted octanol–water partition coefficient (Wildman–Crippen LogP) is 3.27. The van der Waals surface area contributed by atoms with Crippen LogP contribution in [0, 0.1) is 12.8 Å². The molecular formula is C27H28F3N3O8S. The van der Waals surface area contributed by atoms with Crippen LogP contribution in [0.25, 0.3) is 10.9 Å². The molecule has 0 unspecified atom stereocenters. The number of pyridine rings is 1. The van der Waals surface area contributed by atoms with E-state index in [0.717, 1.165) is 22.2 Å². The molecule has 11 nitrogen and oxygen atoms in total. The Morgan fingerprint density at radius 3 is 2.31 bits per heavy atom. The van der Waals surface area contributed by atoms with Crippen LogP contribution in [0.1, 0.15) is 24.6 Å². The van der Waals surface area contributed by atoms with E-state index in [1.807, 2.05) is 37.3 Å². The van der Waals surface area contributed by atoms with Crippen LogP contribution in [0.5, 0.6) is 5.75 Å². The van der Waals surface area contributed by atoms with Crippen molar-refractivity contribution in [1.82, 2.24) is 15.4 Å². The van der Waals surface area contributed by atoms with E-state index in [1.165, 1.54) is 24.0 Å². The van der Waals surface area contributed by atoms with Gasteiger partial charge in [-0.05, 0) is 49.7 Å². The molecular weight excluding hydrogens is 583 g/mol. The Labute approximate surface area is 238 Å². The fraction of sp³-hybridized carbons (Fsp3) is 0.333. The summed E-state index contributed by atoms with van der Waals surface area (Å²) < 4.78 is 63.9. The first kappa shape index (κ1) is 32.3. The van der Waals surface area contributed by atoms with E-state index < -0.39 is 45.6 Å². The minimum Gasteiger partial charge on any atom is -0.489 e. The lowest BCUT2D eigenvalue weighted by Gasteiger charge is -2.26. The van der Waals surface area contributed by atoms with Crippen molar-refractivity contribution in [3.63, 3.8) is 0 Å². The van der Waals surface area contributed by atoms with Crippen molar-refractivity contribution in [2.75, 3.05) is 12.3 Å². The molecule has 1 aliphatic heterocycles. The molecule has 3 aromatic rings. The number of para-hydroxylation sites is 1. The maximum absolute atomic E-state index is 13.1. The lowest BCUT2D eigenvalue weighted by Crippen LogP contribution is -2.45. The Kier molecular flexibility index (Phi) is 10.1. The Bertz CT molecular complexity index is 1560. The lowest BCUT2D eigenvalue weighted by atomic mass is 10.0. The van der Waals surface area contributed by atoms with Gasteiger partial charge in [0.15, 0.2) is 9.84 Å². The van der Waals surface area contributed by atoms with Crippen LogP contribution in [0.15, 0.2) is 59.5 Å². The molecule has 2 aromatic carbocycles. The minimum absolute atomic E-state index is 0.0635. The van der Waals surface area contributed by atoms with Crippen molar-refractivity contribution in [2.45, 2.75) is 44.0 Å². The standard InChI is InChI=1S/C25H27N3O6S.C2HF3O2/c1-16-13-18(21-5-3-4-6-23(21)26-16)14-34-19-7-9-20(10-8-19)35(32,33)15-24-22(25(30)27-31)11-12-28(24)17(2)29;3-2(4,5)1(6)7/h3-10,13,22,24,31H,11-12,14-15H2,1-2H3,(H,27,30);(H,6,7)/t22-,24-;/m0./s1. The van der Waals surface area contributed by atoms with Crippen molar-refractivity contribution >= 4 is 38.5 Å². The normalized spacial score (nSPS) is 16.9. The zero-order chi connectivity index (χ0) is 31.2. The van der Waals surface area contributed by atoms with Gasteiger partial charge in [-0.25, -0.2) is 18.7 Å². The summed E-state index contributed by atoms with van der Waals surface area (Å²) >= 11 is 0. The summed E-state index contributed by atoms with van der Waals surface area (Å²) in [5, 5.41) is 17.1. The van der Waals surface area contributed by atoms with Crippen LogP contribution in [0.2, 0.25) is 0 Å². The number of carbonyl (C=O) groups is 3. The number of likely N-dealkylation sites (tertiary alicyclic amines) is 1. The fourth-order valence-corrected chi connectivity index (χ4v) is 6.18. The molecule has 1 aromatic heterocycles. The summed E-state index contributed by atoms with van der Waals surface area (Å²) in [4.78, 5) is 38.9. The van der Waals surface area contributed by atoms with E-state index in [9.17, 15) is 31.2 Å². The number of rotatable bonds is 7. The van der Waals surface area contributed by atoms with Gasteiger partial charge in [0.2, 0.25) is 11.8 Å². The van der Waals surface area contributed by atoms with Crippen LogP contribution < -0.4 is 10.2 Å². The van der Waals surface area contributed by atoms with Gasteiger partial charge in [-0.1, -0.05) is 18.2 Å². The molecule has 2 heterocycles. The van der Waals surface area contributed by atoms with Gasteiger partial charge in [-0.2, -0.15) is 13.2 Å². The Morgan fingerprint density at radius 2 is 1.74 bits per heavy atom. The second-order valence-electron chi connectivity index (χ2n) is 9.44. The van der Waals surface area contributed by atoms with Gasteiger partial charge in [0, 0.05) is 30.1 Å². The van der Waals surface area contributed by atoms with Gasteiger partial charge < -0.3 is 14.7 Å². The molecule has 2 atom stereocenters. The monoisotopic (exact) mass is 611 g/mol. The van der Waals surface area contributed by atoms with Crippen molar-refractivity contribution in [3.8, 4) is 5.75 Å². The van der Waals surface area contributed by atoms with Crippen molar-refractivity contribution in [1.29, 1.82) is 0 Å². The molecule has 0 spiro atoms. The molecule has 0 saturated carbocycles. The predicted molar refractivity (Wildman–Crippen MR) is 142 cm³/mol. The number of amides is 2. The highest BCUT2D eigenvalue weighted by Gasteiger charge is 2.42. The first-order valence-electron chi connectivity index (χ1n) is 12.5. The van der Waals surface area contributed by atoms with Crippen LogP contribution in [0.4, 0.5) is 13.2 Å². The van der Waals surface area contributed by atoms with Crippen LogP contribution in [-0.4, -0.2) is 70.9 Å². The number of aryl methyl sites for hydroxylation is 1. The van der Waals surface area contributed by atoms with Crippen LogP contribution >= 0.6 is 0 Å². The zero-order valence-corrected chi connectivity index (χ0v) is 23.3. The number of benzene rings is 2. The van der Waals surface area contributed by atoms with Crippen molar-refractivity contribution in [3.05, 3.63) is 65.9 Å². The van der Waals surface area contributed by atoms with Gasteiger partial charge in [0.05, 0.1) is 28.1 Å². The van der Waals surface area contributed by atoms with Crippen molar-refractivity contribution in [2.24, 2.45) is 5.92 Å². The molecule has 0 radical (unpaired) electrons. The summed E-state index contributed by atoms with van der Waals surface area (Å²) in [6, 6.07) is 15.0. The molecule has 226 valence electrons. The highest BCUT2D eigenvalue weighted by atomic mass is 32.2.